The summed E-state index contributed by atoms with van der Waals surface area (Å²) in [6.07, 6.45) is 8.95. The summed E-state index contributed by atoms with van der Waals surface area (Å²) in [6.45, 7) is 7.86. The number of allylic oxidation sites excluding steroid dienone is 1. The summed E-state index contributed by atoms with van der Waals surface area (Å²) in [5.74, 6) is 0.623. The van der Waals surface area contributed by atoms with E-state index in [1.807, 2.05) is 24.7 Å². The minimum absolute atomic E-state index is 0.0528. The van der Waals surface area contributed by atoms with Gasteiger partial charge in [0.2, 0.25) is 5.91 Å². The highest BCUT2D eigenvalue weighted by Gasteiger charge is 2.05. The lowest BCUT2D eigenvalue weighted by atomic mass is 10.2. The monoisotopic (exact) mass is 249 g/mol. The summed E-state index contributed by atoms with van der Waals surface area (Å²) in [7, 11) is 0. The maximum absolute atomic E-state index is 11.6. The molecule has 0 fully saturated rings. The van der Waals surface area contributed by atoms with E-state index in [1.54, 1.807) is 0 Å². The molecule has 0 aliphatic rings. The Labute approximate surface area is 109 Å². The third-order valence-corrected chi connectivity index (χ3v) is 2.53. The smallest absolute Gasteiger partial charge is 0.224 e. The molecule has 1 aromatic rings. The third kappa shape index (κ3) is 5.17. The summed E-state index contributed by atoms with van der Waals surface area (Å²) in [5.41, 5.74) is 1.05. The van der Waals surface area contributed by atoms with Gasteiger partial charge in [-0.05, 0) is 12.3 Å². The molecule has 0 aliphatic heterocycles. The Morgan fingerprint density at radius 3 is 2.94 bits per heavy atom. The van der Waals surface area contributed by atoms with Crippen molar-refractivity contribution < 1.29 is 4.79 Å². The fourth-order valence-electron chi connectivity index (χ4n) is 1.67. The van der Waals surface area contributed by atoms with Crippen LogP contribution in [0.2, 0.25) is 0 Å². The second-order valence-corrected chi connectivity index (χ2v) is 4.79. The Hall–Kier alpha value is -1.58. The van der Waals surface area contributed by atoms with E-state index in [0.717, 1.165) is 18.7 Å². The third-order valence-electron chi connectivity index (χ3n) is 2.53. The minimum atomic E-state index is 0.0528. The second-order valence-electron chi connectivity index (χ2n) is 4.79. The Balaban J connectivity index is 2.41. The Morgan fingerprint density at radius 2 is 2.28 bits per heavy atom. The van der Waals surface area contributed by atoms with Crippen molar-refractivity contribution in [2.75, 3.05) is 0 Å². The summed E-state index contributed by atoms with van der Waals surface area (Å²) < 4.78 is 2.09. The summed E-state index contributed by atoms with van der Waals surface area (Å²) in [4.78, 5) is 15.7. The van der Waals surface area contributed by atoms with E-state index in [-0.39, 0.29) is 5.91 Å². The fourth-order valence-corrected chi connectivity index (χ4v) is 1.67. The SMILES string of the molecule is CCC=CCC(=O)NCc1cncn1CC(C)C. The number of hydrogen-bond donors (Lipinski definition) is 1. The van der Waals surface area contributed by atoms with E-state index in [4.69, 9.17) is 0 Å². The molecule has 0 saturated heterocycles. The molecule has 4 heteroatoms. The van der Waals surface area contributed by atoms with Gasteiger partial charge in [-0.1, -0.05) is 32.9 Å². The number of aromatic nitrogens is 2. The largest absolute Gasteiger partial charge is 0.350 e. The van der Waals surface area contributed by atoms with Crippen LogP contribution in [0.15, 0.2) is 24.7 Å². The quantitative estimate of drug-likeness (QED) is 0.755. The zero-order valence-corrected chi connectivity index (χ0v) is 11.5. The van der Waals surface area contributed by atoms with Crippen LogP contribution >= 0.6 is 0 Å². The Bertz CT molecular complexity index is 393. The highest BCUT2D eigenvalue weighted by Crippen LogP contribution is 2.04. The number of carbonyl (C=O) groups is 1. The molecule has 1 aromatic heterocycles. The number of nitrogens with one attached hydrogen (secondary N) is 1. The predicted octanol–water partition coefficient (Wildman–Crippen LogP) is 2.51. The van der Waals surface area contributed by atoms with E-state index < -0.39 is 0 Å². The Morgan fingerprint density at radius 1 is 1.50 bits per heavy atom. The van der Waals surface area contributed by atoms with Gasteiger partial charge in [0, 0.05) is 19.2 Å². The average molecular weight is 249 g/mol. The summed E-state index contributed by atoms with van der Waals surface area (Å²) in [6, 6.07) is 0. The summed E-state index contributed by atoms with van der Waals surface area (Å²) >= 11 is 0. The van der Waals surface area contributed by atoms with Crippen molar-refractivity contribution in [1.82, 2.24) is 14.9 Å². The Kier molecular flexibility index (Phi) is 6.19. The molecule has 100 valence electrons. The molecule has 1 amide bonds. The number of imidazole rings is 1. The molecule has 0 unspecified atom stereocenters. The van der Waals surface area contributed by atoms with Crippen LogP contribution in [0.3, 0.4) is 0 Å². The second kappa shape index (κ2) is 7.69. The van der Waals surface area contributed by atoms with Crippen LogP contribution in [0.25, 0.3) is 0 Å². The van der Waals surface area contributed by atoms with E-state index in [1.165, 1.54) is 0 Å². The van der Waals surface area contributed by atoms with Crippen LogP contribution in [0, 0.1) is 5.92 Å². The predicted molar refractivity (Wildman–Crippen MR) is 73.0 cm³/mol. The minimum Gasteiger partial charge on any atom is -0.350 e. The van der Waals surface area contributed by atoms with Crippen LogP contribution in [0.5, 0.6) is 0 Å². The molecule has 0 saturated carbocycles. The van der Waals surface area contributed by atoms with Crippen LogP contribution < -0.4 is 5.32 Å². The summed E-state index contributed by atoms with van der Waals surface area (Å²) in [5, 5.41) is 2.91. The first-order chi connectivity index (χ1) is 8.63. The van der Waals surface area contributed by atoms with Crippen LogP contribution in [0.4, 0.5) is 0 Å². The molecule has 4 nitrogen and oxygen atoms in total. The molecule has 0 atom stereocenters. The number of nitrogens with zero attached hydrogens (tertiary/aromatic N) is 2. The molecule has 0 bridgehead atoms. The van der Waals surface area contributed by atoms with Gasteiger partial charge in [-0.15, -0.1) is 0 Å². The molecular weight excluding hydrogens is 226 g/mol. The standard InChI is InChI=1S/C14H23N3O/c1-4-5-6-7-14(18)16-9-13-8-15-11-17(13)10-12(2)3/h5-6,8,11-12H,4,7,9-10H2,1-3H3,(H,16,18). The van der Waals surface area contributed by atoms with Crippen molar-refractivity contribution in [3.63, 3.8) is 0 Å². The van der Waals surface area contributed by atoms with E-state index in [0.29, 0.717) is 18.9 Å². The van der Waals surface area contributed by atoms with Gasteiger partial charge < -0.3 is 9.88 Å². The zero-order valence-electron chi connectivity index (χ0n) is 11.5. The molecule has 1 N–H and O–H groups in total. The normalized spacial score (nSPS) is 11.3. The first-order valence-corrected chi connectivity index (χ1v) is 6.54. The molecule has 0 aromatic carbocycles. The van der Waals surface area contributed by atoms with Gasteiger partial charge in [0.25, 0.3) is 0 Å². The highest BCUT2D eigenvalue weighted by molar-refractivity contribution is 5.77. The molecule has 18 heavy (non-hydrogen) atoms. The van der Waals surface area contributed by atoms with Gasteiger partial charge in [-0.25, -0.2) is 4.98 Å². The number of amides is 1. The topological polar surface area (TPSA) is 46.9 Å². The average Bonchev–Trinajstić information content (AvgIpc) is 2.73. The first-order valence-electron chi connectivity index (χ1n) is 6.54. The van der Waals surface area contributed by atoms with Gasteiger partial charge in [0.15, 0.2) is 0 Å². The van der Waals surface area contributed by atoms with Gasteiger partial charge in [-0.3, -0.25) is 4.79 Å². The van der Waals surface area contributed by atoms with Gasteiger partial charge >= 0.3 is 0 Å². The van der Waals surface area contributed by atoms with E-state index >= 15 is 0 Å². The molecule has 1 rings (SSSR count). The van der Waals surface area contributed by atoms with Crippen molar-refractivity contribution in [3.05, 3.63) is 30.4 Å². The number of hydrogen-bond acceptors (Lipinski definition) is 2. The highest BCUT2D eigenvalue weighted by atomic mass is 16.1. The molecule has 0 radical (unpaired) electrons. The van der Waals surface area contributed by atoms with Crippen molar-refractivity contribution >= 4 is 5.91 Å². The van der Waals surface area contributed by atoms with Crippen LogP contribution in [-0.2, 0) is 17.9 Å². The number of rotatable bonds is 7. The molecular formula is C14H23N3O. The fraction of sp³-hybridized carbons (Fsp3) is 0.571. The lowest BCUT2D eigenvalue weighted by Gasteiger charge is -2.10. The maximum Gasteiger partial charge on any atom is 0.224 e. The van der Waals surface area contributed by atoms with Crippen molar-refractivity contribution in [3.8, 4) is 0 Å². The van der Waals surface area contributed by atoms with Crippen LogP contribution in [-0.4, -0.2) is 15.5 Å². The van der Waals surface area contributed by atoms with Gasteiger partial charge in [-0.2, -0.15) is 0 Å². The van der Waals surface area contributed by atoms with Gasteiger partial charge in [0.05, 0.1) is 18.6 Å². The lowest BCUT2D eigenvalue weighted by Crippen LogP contribution is -2.23. The van der Waals surface area contributed by atoms with Gasteiger partial charge in [0.1, 0.15) is 0 Å². The lowest BCUT2D eigenvalue weighted by molar-refractivity contribution is -0.120. The van der Waals surface area contributed by atoms with Crippen molar-refractivity contribution in [1.29, 1.82) is 0 Å². The van der Waals surface area contributed by atoms with Crippen molar-refractivity contribution in [2.24, 2.45) is 5.92 Å². The molecule has 0 spiro atoms. The first kappa shape index (κ1) is 14.5. The van der Waals surface area contributed by atoms with E-state index in [9.17, 15) is 4.79 Å². The van der Waals surface area contributed by atoms with Crippen LogP contribution in [0.1, 0.15) is 39.3 Å². The number of carbonyl (C=O) groups excluding carboxylic acids is 1. The zero-order chi connectivity index (χ0) is 13.4. The van der Waals surface area contributed by atoms with E-state index in [2.05, 4.69) is 35.6 Å². The molecule has 0 aliphatic carbocycles. The maximum atomic E-state index is 11.6. The molecule has 1 heterocycles. The van der Waals surface area contributed by atoms with Crippen molar-refractivity contribution in [2.45, 2.75) is 46.7 Å².